The number of hydrogen-bond donors (Lipinski definition) is 2. The molecule has 0 saturated carbocycles. The van der Waals surface area contributed by atoms with E-state index in [9.17, 15) is 9.59 Å². The Morgan fingerprint density at radius 2 is 1.77 bits per heavy atom. The van der Waals surface area contributed by atoms with Crippen LogP contribution in [0.15, 0.2) is 52.6 Å². The van der Waals surface area contributed by atoms with Gasteiger partial charge in [0.25, 0.3) is 0 Å². The van der Waals surface area contributed by atoms with Crippen LogP contribution in [-0.2, 0) is 15.3 Å². The Hall–Kier alpha value is -2.73. The fourth-order valence-electron chi connectivity index (χ4n) is 3.62. The van der Waals surface area contributed by atoms with Crippen LogP contribution < -0.4 is 10.6 Å². The summed E-state index contributed by atoms with van der Waals surface area (Å²) in [5, 5.41) is 5.61. The lowest BCUT2D eigenvalue weighted by Gasteiger charge is -2.30. The van der Waals surface area contributed by atoms with E-state index in [4.69, 9.17) is 4.74 Å². The molecule has 0 saturated heterocycles. The minimum absolute atomic E-state index is 0.279. The summed E-state index contributed by atoms with van der Waals surface area (Å²) in [4.78, 5) is 26.0. The Labute approximate surface area is 182 Å². The first-order valence-electron chi connectivity index (χ1n) is 10.0. The predicted molar refractivity (Wildman–Crippen MR) is 120 cm³/mol. The molecule has 30 heavy (non-hydrogen) atoms. The van der Waals surface area contributed by atoms with Gasteiger partial charge in [0.2, 0.25) is 0 Å². The average Bonchev–Trinajstić information content (AvgIpc) is 2.69. The maximum atomic E-state index is 12.6. The largest absolute Gasteiger partial charge is 0.463 e. The number of aryl methyl sites for hydroxylation is 2. The lowest BCUT2D eigenvalue weighted by molar-refractivity contribution is -0.139. The van der Waals surface area contributed by atoms with Crippen LogP contribution >= 0.6 is 11.8 Å². The zero-order valence-corrected chi connectivity index (χ0v) is 18.9. The minimum atomic E-state index is -0.541. The Morgan fingerprint density at radius 3 is 2.43 bits per heavy atom. The number of amides is 2. The van der Waals surface area contributed by atoms with E-state index < -0.39 is 12.0 Å². The molecule has 158 valence electrons. The Morgan fingerprint density at radius 1 is 1.07 bits per heavy atom. The van der Waals surface area contributed by atoms with E-state index in [1.54, 1.807) is 25.6 Å². The standard InChI is InChI=1S/C24H28N2O3S/c1-6-29-23(27)21-17(5)25-24(28)26-22(21)20-12-15(3)11-18(16(20)4)13-30-19-9-7-14(2)8-10-19/h7-12,22H,6,13H2,1-5H3,(H2,25,26,28). The van der Waals surface area contributed by atoms with Gasteiger partial charge in [-0.25, -0.2) is 9.59 Å². The minimum Gasteiger partial charge on any atom is -0.463 e. The number of ether oxygens (including phenoxy) is 1. The summed E-state index contributed by atoms with van der Waals surface area (Å²) in [6.07, 6.45) is 0. The molecule has 1 unspecified atom stereocenters. The molecule has 0 radical (unpaired) electrons. The molecular weight excluding hydrogens is 396 g/mol. The molecule has 1 heterocycles. The summed E-state index contributed by atoms with van der Waals surface area (Å²) in [5.41, 5.74) is 6.48. The summed E-state index contributed by atoms with van der Waals surface area (Å²) < 4.78 is 5.26. The van der Waals surface area contributed by atoms with Gasteiger partial charge >= 0.3 is 12.0 Å². The van der Waals surface area contributed by atoms with Gasteiger partial charge in [0.15, 0.2) is 0 Å². The smallest absolute Gasteiger partial charge is 0.338 e. The maximum absolute atomic E-state index is 12.6. The molecule has 6 heteroatoms. The predicted octanol–water partition coefficient (Wildman–Crippen LogP) is 5.10. The molecule has 1 atom stereocenters. The van der Waals surface area contributed by atoms with Crippen LogP contribution in [0.1, 0.15) is 47.7 Å². The van der Waals surface area contributed by atoms with Crippen molar-refractivity contribution in [2.75, 3.05) is 6.61 Å². The van der Waals surface area contributed by atoms with Crippen LogP contribution in [0.25, 0.3) is 0 Å². The number of nitrogens with one attached hydrogen (secondary N) is 2. The van der Waals surface area contributed by atoms with Gasteiger partial charge in [-0.15, -0.1) is 11.8 Å². The Kier molecular flexibility index (Phi) is 6.87. The molecule has 2 aromatic carbocycles. The summed E-state index contributed by atoms with van der Waals surface area (Å²) >= 11 is 1.77. The van der Waals surface area contributed by atoms with Crippen molar-refractivity contribution in [2.24, 2.45) is 0 Å². The second-order valence-corrected chi connectivity index (χ2v) is 8.58. The number of urea groups is 1. The highest BCUT2D eigenvalue weighted by Crippen LogP contribution is 2.34. The number of carbonyl (C=O) groups is 2. The molecular formula is C24H28N2O3S. The van der Waals surface area contributed by atoms with Crippen molar-refractivity contribution in [3.8, 4) is 0 Å². The normalized spacial score (nSPS) is 16.2. The van der Waals surface area contributed by atoms with Gasteiger partial charge in [-0.3, -0.25) is 0 Å². The first-order chi connectivity index (χ1) is 14.3. The van der Waals surface area contributed by atoms with Crippen LogP contribution in [0.5, 0.6) is 0 Å². The lowest BCUT2D eigenvalue weighted by Crippen LogP contribution is -2.45. The zero-order chi connectivity index (χ0) is 21.8. The maximum Gasteiger partial charge on any atom is 0.338 e. The van der Waals surface area contributed by atoms with Crippen LogP contribution in [0.3, 0.4) is 0 Å². The second-order valence-electron chi connectivity index (χ2n) is 7.53. The van der Waals surface area contributed by atoms with E-state index in [-0.39, 0.29) is 12.6 Å². The molecule has 0 spiro atoms. The van der Waals surface area contributed by atoms with E-state index in [0.29, 0.717) is 11.3 Å². The summed E-state index contributed by atoms with van der Waals surface area (Å²) in [6.45, 7) is 9.95. The highest BCUT2D eigenvalue weighted by molar-refractivity contribution is 7.98. The van der Waals surface area contributed by atoms with Crippen molar-refractivity contribution in [3.63, 3.8) is 0 Å². The molecule has 0 bridgehead atoms. The van der Waals surface area contributed by atoms with Crippen molar-refractivity contribution in [2.45, 2.75) is 51.3 Å². The lowest BCUT2D eigenvalue weighted by atomic mass is 9.89. The molecule has 2 amide bonds. The zero-order valence-electron chi connectivity index (χ0n) is 18.1. The molecule has 2 aromatic rings. The van der Waals surface area contributed by atoms with E-state index in [1.807, 2.05) is 19.9 Å². The number of thioether (sulfide) groups is 1. The number of rotatable bonds is 6. The monoisotopic (exact) mass is 424 g/mol. The van der Waals surface area contributed by atoms with E-state index in [0.717, 1.165) is 22.4 Å². The van der Waals surface area contributed by atoms with Crippen LogP contribution in [0, 0.1) is 20.8 Å². The van der Waals surface area contributed by atoms with Gasteiger partial charge in [0, 0.05) is 16.3 Å². The summed E-state index contributed by atoms with van der Waals surface area (Å²) in [6, 6.07) is 11.8. The topological polar surface area (TPSA) is 67.4 Å². The van der Waals surface area contributed by atoms with E-state index >= 15 is 0 Å². The summed E-state index contributed by atoms with van der Waals surface area (Å²) in [5.74, 6) is 0.393. The fourth-order valence-corrected chi connectivity index (χ4v) is 4.57. The quantitative estimate of drug-likeness (QED) is 0.500. The molecule has 0 aromatic heterocycles. The first-order valence-corrected chi connectivity index (χ1v) is 11.0. The molecule has 3 rings (SSSR count). The highest BCUT2D eigenvalue weighted by Gasteiger charge is 2.33. The number of allylic oxidation sites excluding steroid dienone is 1. The number of carbonyl (C=O) groups excluding carboxylic acids is 2. The van der Waals surface area contributed by atoms with E-state index in [1.165, 1.54) is 16.0 Å². The van der Waals surface area contributed by atoms with Crippen molar-refractivity contribution in [1.82, 2.24) is 10.6 Å². The third kappa shape index (κ3) is 4.87. The molecule has 0 aliphatic carbocycles. The van der Waals surface area contributed by atoms with Crippen molar-refractivity contribution in [1.29, 1.82) is 0 Å². The number of esters is 1. The van der Waals surface area contributed by atoms with Crippen molar-refractivity contribution >= 4 is 23.8 Å². The van der Waals surface area contributed by atoms with Gasteiger partial charge < -0.3 is 15.4 Å². The van der Waals surface area contributed by atoms with Crippen LogP contribution in [0.4, 0.5) is 4.79 Å². The fraction of sp³-hybridized carbons (Fsp3) is 0.333. The van der Waals surface area contributed by atoms with Crippen LogP contribution in [-0.4, -0.2) is 18.6 Å². The van der Waals surface area contributed by atoms with Gasteiger partial charge in [-0.2, -0.15) is 0 Å². The van der Waals surface area contributed by atoms with E-state index in [2.05, 4.69) is 47.9 Å². The third-order valence-electron chi connectivity index (χ3n) is 5.19. The molecule has 2 N–H and O–H groups in total. The van der Waals surface area contributed by atoms with Gasteiger partial charge in [-0.05, 0) is 63.4 Å². The second kappa shape index (κ2) is 9.39. The highest BCUT2D eigenvalue weighted by atomic mass is 32.2. The SMILES string of the molecule is CCOC(=O)C1=C(C)NC(=O)NC1c1cc(C)cc(CSc2ccc(C)cc2)c1C. The number of hydrogen-bond acceptors (Lipinski definition) is 4. The van der Waals surface area contributed by atoms with Gasteiger partial charge in [0.1, 0.15) is 0 Å². The van der Waals surface area contributed by atoms with Gasteiger partial charge in [-0.1, -0.05) is 35.4 Å². The molecule has 1 aliphatic rings. The summed E-state index contributed by atoms with van der Waals surface area (Å²) in [7, 11) is 0. The third-order valence-corrected chi connectivity index (χ3v) is 6.25. The number of benzene rings is 2. The first kappa shape index (κ1) is 22.0. The van der Waals surface area contributed by atoms with Crippen LogP contribution in [0.2, 0.25) is 0 Å². The van der Waals surface area contributed by atoms with Crippen molar-refractivity contribution < 1.29 is 14.3 Å². The van der Waals surface area contributed by atoms with Crippen molar-refractivity contribution in [3.05, 3.63) is 75.5 Å². The molecule has 1 aliphatic heterocycles. The molecule has 5 nitrogen and oxygen atoms in total. The molecule has 0 fully saturated rings. The van der Waals surface area contributed by atoms with Gasteiger partial charge in [0.05, 0.1) is 18.2 Å². The Balaban J connectivity index is 1.96. The Bertz CT molecular complexity index is 996. The average molecular weight is 425 g/mol.